The van der Waals surface area contributed by atoms with E-state index in [1.165, 1.54) is 17.6 Å². The summed E-state index contributed by atoms with van der Waals surface area (Å²) >= 11 is 0. The van der Waals surface area contributed by atoms with Crippen molar-refractivity contribution in [1.82, 2.24) is 0 Å². The smallest absolute Gasteiger partial charge is 0.159 e. The molecule has 0 unspecified atom stereocenters. The van der Waals surface area contributed by atoms with Crippen LogP contribution in [0.1, 0.15) is 113 Å². The first-order valence-electron chi connectivity index (χ1n) is 14.0. The second kappa shape index (κ2) is 7.53. The van der Waals surface area contributed by atoms with Crippen molar-refractivity contribution in [2.45, 2.75) is 119 Å². The summed E-state index contributed by atoms with van der Waals surface area (Å²) in [6.07, 6.45) is 10.4. The molecule has 0 aromatic heterocycles. The minimum Gasteiger partial charge on any atom is -0.381 e. The standard InChI is InChI=1S/C31H48O3/c1-27(2)22-11-14-29(5)18-19-20(9-10-23(29)31(22,7)15-12-25(27)33)30(6)16-13-26(34-8)28(3,4)24(30)17-21(19)32/h22-24,26H,9-18H2,1-8H3/t22-,23-,24-,26-,29-,30+,31-/m0/s1. The van der Waals surface area contributed by atoms with E-state index in [-0.39, 0.29) is 33.2 Å². The zero-order chi connectivity index (χ0) is 24.9. The zero-order valence-electron chi connectivity index (χ0n) is 23.1. The molecule has 5 aliphatic carbocycles. The van der Waals surface area contributed by atoms with Crippen molar-refractivity contribution in [3.63, 3.8) is 0 Å². The van der Waals surface area contributed by atoms with Gasteiger partial charge in [0, 0.05) is 25.4 Å². The van der Waals surface area contributed by atoms with Gasteiger partial charge in [0.25, 0.3) is 0 Å². The molecule has 5 aliphatic rings. The fraction of sp³-hybridized carbons (Fsp3) is 0.871. The van der Waals surface area contributed by atoms with E-state index < -0.39 is 0 Å². The second-order valence-electron chi connectivity index (χ2n) is 14.8. The van der Waals surface area contributed by atoms with Crippen molar-refractivity contribution in [2.75, 3.05) is 7.11 Å². The molecule has 34 heavy (non-hydrogen) atoms. The molecule has 0 spiro atoms. The number of methoxy groups -OCH3 is 1. The van der Waals surface area contributed by atoms with Gasteiger partial charge in [0.1, 0.15) is 5.78 Å². The normalized spacial score (nSPS) is 47.8. The third kappa shape index (κ3) is 3.10. The third-order valence-corrected chi connectivity index (χ3v) is 12.7. The van der Waals surface area contributed by atoms with Crippen LogP contribution >= 0.6 is 0 Å². The van der Waals surface area contributed by atoms with Crippen LogP contribution in [0, 0.1) is 44.8 Å². The maximum Gasteiger partial charge on any atom is 0.159 e. The Morgan fingerprint density at radius 3 is 2.18 bits per heavy atom. The van der Waals surface area contributed by atoms with Crippen molar-refractivity contribution in [2.24, 2.45) is 44.8 Å². The number of hydrogen-bond donors (Lipinski definition) is 0. The molecule has 0 aromatic carbocycles. The highest BCUT2D eigenvalue weighted by molar-refractivity contribution is 5.98. The third-order valence-electron chi connectivity index (χ3n) is 12.7. The Morgan fingerprint density at radius 1 is 0.794 bits per heavy atom. The molecule has 3 fully saturated rings. The van der Waals surface area contributed by atoms with E-state index in [0.717, 1.165) is 51.4 Å². The Labute approximate surface area is 207 Å². The number of ketones is 2. The van der Waals surface area contributed by atoms with Crippen molar-refractivity contribution in [3.8, 4) is 0 Å². The van der Waals surface area contributed by atoms with E-state index in [1.54, 1.807) is 0 Å². The first-order chi connectivity index (χ1) is 15.7. The maximum atomic E-state index is 13.8. The Kier molecular flexibility index (Phi) is 5.47. The van der Waals surface area contributed by atoms with Crippen LogP contribution in [-0.2, 0) is 14.3 Å². The number of ether oxygens (including phenoxy) is 1. The molecule has 3 nitrogen and oxygen atoms in total. The average Bonchev–Trinajstić information content (AvgIpc) is 2.91. The molecule has 0 aliphatic heterocycles. The van der Waals surface area contributed by atoms with Crippen LogP contribution < -0.4 is 0 Å². The minimum absolute atomic E-state index is 0.00371. The highest BCUT2D eigenvalue weighted by Crippen LogP contribution is 2.69. The van der Waals surface area contributed by atoms with Gasteiger partial charge in [0.05, 0.1) is 6.10 Å². The average molecular weight is 469 g/mol. The molecule has 0 aromatic rings. The van der Waals surface area contributed by atoms with Crippen LogP contribution in [0.2, 0.25) is 0 Å². The Morgan fingerprint density at radius 2 is 1.50 bits per heavy atom. The lowest BCUT2D eigenvalue weighted by Gasteiger charge is -2.62. The number of Topliss-reactive ketones (excluding diaryl/α,β-unsaturated/α-hetero) is 2. The van der Waals surface area contributed by atoms with Gasteiger partial charge in [0.15, 0.2) is 5.78 Å². The summed E-state index contributed by atoms with van der Waals surface area (Å²) in [7, 11) is 1.84. The van der Waals surface area contributed by atoms with Crippen molar-refractivity contribution >= 4 is 11.6 Å². The van der Waals surface area contributed by atoms with Gasteiger partial charge in [-0.1, -0.05) is 54.0 Å². The highest BCUT2D eigenvalue weighted by atomic mass is 16.5. The lowest BCUT2D eigenvalue weighted by Crippen LogP contribution is -2.57. The molecule has 0 saturated heterocycles. The van der Waals surface area contributed by atoms with E-state index in [2.05, 4.69) is 48.5 Å². The van der Waals surface area contributed by atoms with Gasteiger partial charge in [0.2, 0.25) is 0 Å². The molecule has 0 N–H and O–H groups in total. The lowest BCUT2D eigenvalue weighted by molar-refractivity contribution is -0.159. The molecule has 5 rings (SSSR count). The Hall–Kier alpha value is -0.960. The molecule has 0 amide bonds. The van der Waals surface area contributed by atoms with E-state index >= 15 is 0 Å². The molecule has 3 heteroatoms. The summed E-state index contributed by atoms with van der Waals surface area (Å²) in [6.45, 7) is 16.6. The molecule has 3 saturated carbocycles. The van der Waals surface area contributed by atoms with E-state index in [0.29, 0.717) is 35.7 Å². The SMILES string of the molecule is CO[C@H]1CC[C@]2(C)C3=C(C[C@]4(C)CC[C@H]5C(C)(C)C(=O)CC[C@]5(C)[C@H]4CC3)C(=O)C[C@H]2C1(C)C. The molecular weight excluding hydrogens is 420 g/mol. The monoisotopic (exact) mass is 468 g/mol. The predicted molar refractivity (Wildman–Crippen MR) is 136 cm³/mol. The van der Waals surface area contributed by atoms with Gasteiger partial charge in [-0.3, -0.25) is 9.59 Å². The molecule has 0 heterocycles. The zero-order valence-corrected chi connectivity index (χ0v) is 23.1. The van der Waals surface area contributed by atoms with Gasteiger partial charge >= 0.3 is 0 Å². The Balaban J connectivity index is 1.54. The van der Waals surface area contributed by atoms with Crippen molar-refractivity contribution < 1.29 is 14.3 Å². The fourth-order valence-corrected chi connectivity index (χ4v) is 10.8. The van der Waals surface area contributed by atoms with E-state index in [9.17, 15) is 9.59 Å². The molecule has 0 bridgehead atoms. The minimum atomic E-state index is -0.219. The van der Waals surface area contributed by atoms with E-state index in [1.807, 2.05) is 7.11 Å². The lowest BCUT2D eigenvalue weighted by atomic mass is 9.42. The van der Waals surface area contributed by atoms with Gasteiger partial charge in [-0.2, -0.15) is 0 Å². The first-order valence-corrected chi connectivity index (χ1v) is 14.0. The second-order valence-corrected chi connectivity index (χ2v) is 14.8. The van der Waals surface area contributed by atoms with Gasteiger partial charge in [-0.15, -0.1) is 0 Å². The summed E-state index contributed by atoms with van der Waals surface area (Å²) in [6, 6.07) is 0. The first kappa shape index (κ1) is 24.7. The Bertz CT molecular complexity index is 940. The van der Waals surface area contributed by atoms with Crippen molar-refractivity contribution in [3.05, 3.63) is 11.1 Å². The van der Waals surface area contributed by atoms with Crippen molar-refractivity contribution in [1.29, 1.82) is 0 Å². The van der Waals surface area contributed by atoms with Gasteiger partial charge in [-0.05, 0) is 96.4 Å². The summed E-state index contributed by atoms with van der Waals surface area (Å²) in [4.78, 5) is 26.8. The molecule has 0 radical (unpaired) electrons. The summed E-state index contributed by atoms with van der Waals surface area (Å²) in [5, 5.41) is 0. The summed E-state index contributed by atoms with van der Waals surface area (Å²) < 4.78 is 5.94. The van der Waals surface area contributed by atoms with E-state index in [4.69, 9.17) is 4.74 Å². The quantitative estimate of drug-likeness (QED) is 0.405. The number of carbonyl (C=O) groups excluding carboxylic acids is 2. The molecule has 190 valence electrons. The van der Waals surface area contributed by atoms with Crippen LogP contribution in [0.25, 0.3) is 0 Å². The molecular formula is C31H48O3. The van der Waals surface area contributed by atoms with Crippen LogP contribution in [0.3, 0.4) is 0 Å². The fourth-order valence-electron chi connectivity index (χ4n) is 10.8. The summed E-state index contributed by atoms with van der Waals surface area (Å²) in [5.74, 6) is 2.29. The van der Waals surface area contributed by atoms with Crippen LogP contribution in [-0.4, -0.2) is 24.8 Å². The van der Waals surface area contributed by atoms with Crippen LogP contribution in [0.15, 0.2) is 11.1 Å². The largest absolute Gasteiger partial charge is 0.381 e. The summed E-state index contributed by atoms with van der Waals surface area (Å²) in [5.41, 5.74) is 2.97. The number of hydrogen-bond acceptors (Lipinski definition) is 3. The highest BCUT2D eigenvalue weighted by Gasteiger charge is 2.63. The number of rotatable bonds is 1. The number of fused-ring (bicyclic) bond motifs is 5. The topological polar surface area (TPSA) is 43.4 Å². The number of allylic oxidation sites excluding steroid dienone is 2. The molecule has 7 atom stereocenters. The number of carbonyl (C=O) groups is 2. The van der Waals surface area contributed by atoms with Gasteiger partial charge in [-0.25, -0.2) is 0 Å². The maximum absolute atomic E-state index is 13.8. The van der Waals surface area contributed by atoms with Crippen LogP contribution in [0.5, 0.6) is 0 Å². The van der Waals surface area contributed by atoms with Gasteiger partial charge < -0.3 is 4.74 Å². The predicted octanol–water partition coefficient (Wildman–Crippen LogP) is 7.33. The van der Waals surface area contributed by atoms with Crippen LogP contribution in [0.4, 0.5) is 0 Å².